The number of aromatic nitrogens is 2. The van der Waals surface area contributed by atoms with Gasteiger partial charge in [-0.25, -0.2) is 0 Å². The number of amides is 2. The highest BCUT2D eigenvalue weighted by Gasteiger charge is 2.21. The fraction of sp³-hybridized carbons (Fsp3) is 0.160. The fourth-order valence-corrected chi connectivity index (χ4v) is 4.03. The molecule has 2 amide bonds. The van der Waals surface area contributed by atoms with Gasteiger partial charge in [0, 0.05) is 16.6 Å². The van der Waals surface area contributed by atoms with Crippen molar-refractivity contribution in [3.05, 3.63) is 87.4 Å². The second-order valence-corrected chi connectivity index (χ2v) is 8.76. The summed E-state index contributed by atoms with van der Waals surface area (Å²) < 4.78 is 0. The first-order valence-corrected chi connectivity index (χ1v) is 11.4. The van der Waals surface area contributed by atoms with Crippen LogP contribution >= 0.6 is 23.2 Å². The number of aryl methyl sites for hydroxylation is 1. The second kappa shape index (κ2) is 10.3. The van der Waals surface area contributed by atoms with E-state index in [0.717, 1.165) is 16.6 Å². The summed E-state index contributed by atoms with van der Waals surface area (Å²) in [7, 11) is 0. The minimum Gasteiger partial charge on any atom is -0.330 e. The van der Waals surface area contributed by atoms with Crippen molar-refractivity contribution in [2.24, 2.45) is 5.73 Å². The summed E-state index contributed by atoms with van der Waals surface area (Å²) in [6.45, 7) is 2.25. The van der Waals surface area contributed by atoms with Crippen LogP contribution in [-0.2, 0) is 4.79 Å². The van der Waals surface area contributed by atoms with Crippen LogP contribution in [0.5, 0.6) is 0 Å². The molecule has 0 fully saturated rings. The van der Waals surface area contributed by atoms with Crippen LogP contribution in [0.2, 0.25) is 10.0 Å². The third-order valence-electron chi connectivity index (χ3n) is 5.46. The first-order chi connectivity index (χ1) is 16.4. The summed E-state index contributed by atoms with van der Waals surface area (Å²) >= 11 is 12.2. The first kappa shape index (κ1) is 23.8. The Hall–Kier alpha value is -3.39. The van der Waals surface area contributed by atoms with Crippen LogP contribution in [0.15, 0.2) is 60.7 Å². The number of hydrogen-bond donors (Lipinski definition) is 4. The van der Waals surface area contributed by atoms with Crippen LogP contribution in [0.4, 0.5) is 11.5 Å². The van der Waals surface area contributed by atoms with Gasteiger partial charge >= 0.3 is 0 Å². The van der Waals surface area contributed by atoms with E-state index >= 15 is 0 Å². The van der Waals surface area contributed by atoms with Crippen LogP contribution in [0.1, 0.15) is 33.8 Å². The van der Waals surface area contributed by atoms with Crippen LogP contribution in [0, 0.1) is 6.92 Å². The number of carbonyl (C=O) groups excluding carboxylic acids is 2. The van der Waals surface area contributed by atoms with Crippen LogP contribution in [0.25, 0.3) is 10.9 Å². The minimum atomic E-state index is -0.500. The minimum absolute atomic E-state index is 0.225. The van der Waals surface area contributed by atoms with E-state index in [2.05, 4.69) is 20.8 Å². The zero-order valence-corrected chi connectivity index (χ0v) is 19.9. The summed E-state index contributed by atoms with van der Waals surface area (Å²) in [6.07, 6.45) is 0.440. The Balaban J connectivity index is 1.56. The summed E-state index contributed by atoms with van der Waals surface area (Å²) in [5, 5.41) is 14.4. The normalized spacial score (nSPS) is 11.9. The number of anilines is 2. The summed E-state index contributed by atoms with van der Waals surface area (Å²) in [6, 6.07) is 17.7. The van der Waals surface area contributed by atoms with Crippen molar-refractivity contribution in [3.8, 4) is 0 Å². The van der Waals surface area contributed by atoms with Gasteiger partial charge in [-0.15, -0.1) is 0 Å². The fourth-order valence-electron chi connectivity index (χ4n) is 3.73. The molecule has 174 valence electrons. The predicted octanol–water partition coefficient (Wildman–Crippen LogP) is 5.50. The number of fused-ring (bicyclic) bond motifs is 1. The maximum absolute atomic E-state index is 13.1. The molecule has 0 aliphatic heterocycles. The van der Waals surface area contributed by atoms with E-state index < -0.39 is 5.92 Å². The lowest BCUT2D eigenvalue weighted by Gasteiger charge is -2.17. The lowest BCUT2D eigenvalue weighted by molar-refractivity contribution is -0.117. The monoisotopic (exact) mass is 495 g/mol. The number of nitrogens with zero attached hydrogens (tertiary/aromatic N) is 1. The molecule has 34 heavy (non-hydrogen) atoms. The van der Waals surface area contributed by atoms with Crippen LogP contribution in [-0.4, -0.2) is 28.6 Å². The van der Waals surface area contributed by atoms with Gasteiger partial charge in [0.2, 0.25) is 5.91 Å². The Morgan fingerprint density at radius 3 is 2.59 bits per heavy atom. The molecule has 0 aliphatic rings. The molecule has 9 heteroatoms. The molecule has 0 bridgehead atoms. The van der Waals surface area contributed by atoms with Crippen molar-refractivity contribution >= 4 is 57.4 Å². The lowest BCUT2D eigenvalue weighted by atomic mass is 9.94. The molecule has 0 saturated heterocycles. The van der Waals surface area contributed by atoms with Crippen molar-refractivity contribution in [1.29, 1.82) is 0 Å². The van der Waals surface area contributed by atoms with Gasteiger partial charge in [0.05, 0.1) is 21.5 Å². The maximum Gasteiger partial charge on any atom is 0.256 e. The van der Waals surface area contributed by atoms with Gasteiger partial charge in [0.1, 0.15) is 0 Å². The van der Waals surface area contributed by atoms with Crippen LogP contribution < -0.4 is 16.4 Å². The molecule has 1 aromatic heterocycles. The summed E-state index contributed by atoms with van der Waals surface area (Å²) in [4.78, 5) is 25.8. The standard InChI is InChI=1S/C25H23Cl2N5O2/c1-14-3-2-4-16(11-14)24(33)30-23-19-13-17(6-8-22(19)31-32-23)29-25(34)18(9-10-28)15-5-7-20(26)21(27)12-15/h2-8,11-13,18H,9-10,28H2,1H3,(H,29,34)(H2,30,31,32,33). The van der Waals surface area contributed by atoms with E-state index in [1.807, 2.05) is 19.1 Å². The van der Waals surface area contributed by atoms with Gasteiger partial charge in [-0.3, -0.25) is 14.7 Å². The van der Waals surface area contributed by atoms with E-state index in [0.29, 0.717) is 45.5 Å². The van der Waals surface area contributed by atoms with Gasteiger partial charge in [0.15, 0.2) is 5.82 Å². The zero-order valence-electron chi connectivity index (χ0n) is 18.4. The van der Waals surface area contributed by atoms with Crippen molar-refractivity contribution < 1.29 is 9.59 Å². The van der Waals surface area contributed by atoms with Crippen LogP contribution in [0.3, 0.4) is 0 Å². The van der Waals surface area contributed by atoms with Gasteiger partial charge in [-0.05, 0) is 67.9 Å². The third kappa shape index (κ3) is 5.22. The first-order valence-electron chi connectivity index (χ1n) is 10.7. The Morgan fingerprint density at radius 1 is 1.03 bits per heavy atom. The molecule has 4 rings (SSSR count). The predicted molar refractivity (Wildman–Crippen MR) is 137 cm³/mol. The molecule has 0 spiro atoms. The van der Waals surface area contributed by atoms with E-state index in [-0.39, 0.29) is 11.8 Å². The van der Waals surface area contributed by atoms with E-state index in [4.69, 9.17) is 28.9 Å². The molecular weight excluding hydrogens is 473 g/mol. The number of carbonyl (C=O) groups is 2. The molecule has 0 radical (unpaired) electrons. The second-order valence-electron chi connectivity index (χ2n) is 7.95. The number of nitrogens with two attached hydrogens (primary N) is 1. The van der Waals surface area contributed by atoms with Gasteiger partial charge in [-0.1, -0.05) is 47.0 Å². The third-order valence-corrected chi connectivity index (χ3v) is 6.20. The number of nitrogens with one attached hydrogen (secondary N) is 3. The highest BCUT2D eigenvalue weighted by atomic mass is 35.5. The van der Waals surface area contributed by atoms with E-state index in [1.165, 1.54) is 0 Å². The number of hydrogen-bond acceptors (Lipinski definition) is 4. The molecule has 1 unspecified atom stereocenters. The van der Waals surface area contributed by atoms with Crippen molar-refractivity contribution in [3.63, 3.8) is 0 Å². The molecule has 5 N–H and O–H groups in total. The molecule has 1 atom stereocenters. The van der Waals surface area contributed by atoms with E-state index in [1.54, 1.807) is 48.5 Å². The molecule has 3 aromatic carbocycles. The van der Waals surface area contributed by atoms with Crippen molar-refractivity contribution in [1.82, 2.24) is 10.2 Å². The summed E-state index contributed by atoms with van der Waals surface area (Å²) in [5.74, 6) is -0.618. The number of rotatable bonds is 7. The topological polar surface area (TPSA) is 113 Å². The Morgan fingerprint density at radius 2 is 1.85 bits per heavy atom. The highest BCUT2D eigenvalue weighted by molar-refractivity contribution is 6.42. The number of aromatic amines is 1. The molecule has 0 saturated carbocycles. The average Bonchev–Trinajstić information content (AvgIpc) is 3.21. The Labute approximate surface area is 206 Å². The molecule has 1 heterocycles. The molecular formula is C25H23Cl2N5O2. The number of H-pyrrole nitrogens is 1. The Kier molecular flexibility index (Phi) is 7.17. The lowest BCUT2D eigenvalue weighted by Crippen LogP contribution is -2.23. The Bertz CT molecular complexity index is 1370. The summed E-state index contributed by atoms with van der Waals surface area (Å²) in [5.41, 5.74) is 9.29. The molecule has 4 aromatic rings. The highest BCUT2D eigenvalue weighted by Crippen LogP contribution is 2.30. The SMILES string of the molecule is Cc1cccc(C(=O)Nc2n[nH]c3ccc(NC(=O)C(CCN)c4ccc(Cl)c(Cl)c4)cc23)c1. The van der Waals surface area contributed by atoms with Crippen molar-refractivity contribution in [2.75, 3.05) is 17.2 Å². The quantitative estimate of drug-likeness (QED) is 0.271. The maximum atomic E-state index is 13.1. The van der Waals surface area contributed by atoms with Gasteiger partial charge < -0.3 is 16.4 Å². The van der Waals surface area contributed by atoms with E-state index in [9.17, 15) is 9.59 Å². The largest absolute Gasteiger partial charge is 0.330 e. The van der Waals surface area contributed by atoms with Crippen molar-refractivity contribution in [2.45, 2.75) is 19.3 Å². The molecule has 0 aliphatic carbocycles. The number of halogens is 2. The van der Waals surface area contributed by atoms with Gasteiger partial charge in [0.25, 0.3) is 5.91 Å². The zero-order chi connectivity index (χ0) is 24.2. The van der Waals surface area contributed by atoms with Gasteiger partial charge in [-0.2, -0.15) is 5.10 Å². The average molecular weight is 496 g/mol. The number of benzene rings is 3. The smallest absolute Gasteiger partial charge is 0.256 e. The molecule has 7 nitrogen and oxygen atoms in total.